The molecule has 1 aromatic carbocycles. The van der Waals surface area contributed by atoms with Gasteiger partial charge in [-0.2, -0.15) is 0 Å². The molecule has 0 aliphatic carbocycles. The second kappa shape index (κ2) is 3.42. The molecule has 0 spiro atoms. The number of halogens is 2. The zero-order valence-electron chi connectivity index (χ0n) is 4.77. The summed E-state index contributed by atoms with van der Waals surface area (Å²) in [6, 6.07) is 7.90. The summed E-state index contributed by atoms with van der Waals surface area (Å²) < 4.78 is 1.05. The van der Waals surface area contributed by atoms with Crippen LogP contribution in [0.2, 0.25) is 5.02 Å². The van der Waals surface area contributed by atoms with Crippen LogP contribution in [-0.2, 0) is 4.43 Å². The van der Waals surface area contributed by atoms with Crippen LogP contribution in [0.25, 0.3) is 0 Å². The average molecular weight is 252 g/mol. The van der Waals surface area contributed by atoms with E-state index in [0.29, 0.717) is 0 Å². The van der Waals surface area contributed by atoms with E-state index in [2.05, 4.69) is 22.6 Å². The molecule has 2 heteroatoms. The van der Waals surface area contributed by atoms with E-state index in [9.17, 15) is 0 Å². The van der Waals surface area contributed by atoms with Crippen LogP contribution in [0.15, 0.2) is 24.3 Å². The molecule has 0 aliphatic rings. The first-order valence-electron chi connectivity index (χ1n) is 2.63. The molecule has 1 aromatic rings. The summed E-state index contributed by atoms with van der Waals surface area (Å²) in [4.78, 5) is 0. The zero-order valence-corrected chi connectivity index (χ0v) is 7.69. The van der Waals surface area contributed by atoms with Crippen molar-refractivity contribution in [2.75, 3.05) is 0 Å². The summed E-state index contributed by atoms with van der Waals surface area (Å²) in [7, 11) is 0. The highest BCUT2D eigenvalue weighted by Crippen LogP contribution is 2.11. The number of hydrogen-bond acceptors (Lipinski definition) is 0. The summed E-state index contributed by atoms with van der Waals surface area (Å²) >= 11 is 7.99. The minimum Gasteiger partial charge on any atom is -0.0843 e. The van der Waals surface area contributed by atoms with Gasteiger partial charge in [0, 0.05) is 9.45 Å². The van der Waals surface area contributed by atoms with E-state index in [1.807, 2.05) is 24.3 Å². The standard InChI is InChI=1S/C7H6ClI/c8-7-3-1-6(5-9)2-4-7/h1-4H,5H2. The Labute approximate surface area is 73.4 Å². The molecule has 9 heavy (non-hydrogen) atoms. The van der Waals surface area contributed by atoms with E-state index in [1.165, 1.54) is 5.56 Å². The molecule has 0 nitrogen and oxygen atoms in total. The second-order valence-corrected chi connectivity index (χ2v) is 2.96. The molecular weight excluding hydrogens is 246 g/mol. The summed E-state index contributed by atoms with van der Waals surface area (Å²) in [6.07, 6.45) is 0. The summed E-state index contributed by atoms with van der Waals surface area (Å²) in [6.45, 7) is 0. The Morgan fingerprint density at radius 1 is 1.22 bits per heavy atom. The first-order valence-corrected chi connectivity index (χ1v) is 4.53. The van der Waals surface area contributed by atoms with Gasteiger partial charge >= 0.3 is 0 Å². The first-order chi connectivity index (χ1) is 4.33. The van der Waals surface area contributed by atoms with Crippen LogP contribution >= 0.6 is 34.2 Å². The molecule has 0 fully saturated rings. The van der Waals surface area contributed by atoms with E-state index < -0.39 is 0 Å². The fourth-order valence-electron chi connectivity index (χ4n) is 0.573. The lowest BCUT2D eigenvalue weighted by Crippen LogP contribution is -1.72. The van der Waals surface area contributed by atoms with Crippen molar-refractivity contribution < 1.29 is 0 Å². The van der Waals surface area contributed by atoms with E-state index in [4.69, 9.17) is 11.6 Å². The van der Waals surface area contributed by atoms with Gasteiger partial charge in [-0.1, -0.05) is 46.3 Å². The van der Waals surface area contributed by atoms with Crippen molar-refractivity contribution in [2.24, 2.45) is 0 Å². The number of hydrogen-bond donors (Lipinski definition) is 0. The van der Waals surface area contributed by atoms with Gasteiger partial charge in [-0.15, -0.1) is 0 Å². The number of rotatable bonds is 1. The number of alkyl halides is 1. The maximum Gasteiger partial charge on any atom is 0.0406 e. The summed E-state index contributed by atoms with van der Waals surface area (Å²) in [5, 5.41) is 0.809. The fraction of sp³-hybridized carbons (Fsp3) is 0.143. The van der Waals surface area contributed by atoms with Crippen LogP contribution in [0.3, 0.4) is 0 Å². The van der Waals surface area contributed by atoms with Gasteiger partial charge in [-0.25, -0.2) is 0 Å². The Kier molecular flexibility index (Phi) is 2.79. The van der Waals surface area contributed by atoms with Gasteiger partial charge in [0.2, 0.25) is 0 Å². The van der Waals surface area contributed by atoms with Crippen molar-refractivity contribution in [1.29, 1.82) is 0 Å². The van der Waals surface area contributed by atoms with Crippen molar-refractivity contribution in [3.8, 4) is 0 Å². The van der Waals surface area contributed by atoms with Crippen molar-refractivity contribution in [1.82, 2.24) is 0 Å². The third kappa shape index (κ3) is 2.14. The van der Waals surface area contributed by atoms with E-state index in [0.717, 1.165) is 9.45 Å². The molecule has 1 rings (SSSR count). The lowest BCUT2D eigenvalue weighted by Gasteiger charge is -1.92. The molecule has 0 radical (unpaired) electrons. The maximum absolute atomic E-state index is 5.67. The first kappa shape index (κ1) is 7.35. The largest absolute Gasteiger partial charge is 0.0843 e. The minimum absolute atomic E-state index is 0.809. The van der Waals surface area contributed by atoms with Gasteiger partial charge in [-0.3, -0.25) is 0 Å². The molecule has 0 saturated heterocycles. The summed E-state index contributed by atoms with van der Waals surface area (Å²) in [5.41, 5.74) is 1.32. The molecule has 48 valence electrons. The van der Waals surface area contributed by atoms with Crippen molar-refractivity contribution >= 4 is 34.2 Å². The molecule has 0 amide bonds. The van der Waals surface area contributed by atoms with Gasteiger partial charge in [0.05, 0.1) is 0 Å². The van der Waals surface area contributed by atoms with Crippen LogP contribution in [0, 0.1) is 0 Å². The molecule has 0 aromatic heterocycles. The van der Waals surface area contributed by atoms with Gasteiger partial charge in [0.15, 0.2) is 0 Å². The predicted octanol–water partition coefficient (Wildman–Crippen LogP) is 3.28. The summed E-state index contributed by atoms with van der Waals surface area (Å²) in [5.74, 6) is 0. The Bertz CT molecular complexity index is 181. The van der Waals surface area contributed by atoms with E-state index in [1.54, 1.807) is 0 Å². The third-order valence-electron chi connectivity index (χ3n) is 1.07. The molecular formula is C7H6ClI. The highest BCUT2D eigenvalue weighted by Gasteiger charge is 1.87. The lowest BCUT2D eigenvalue weighted by molar-refractivity contribution is 1.46. The topological polar surface area (TPSA) is 0 Å². The third-order valence-corrected chi connectivity index (χ3v) is 2.20. The van der Waals surface area contributed by atoms with Crippen LogP contribution < -0.4 is 0 Å². The van der Waals surface area contributed by atoms with E-state index in [-0.39, 0.29) is 0 Å². The highest BCUT2D eigenvalue weighted by molar-refractivity contribution is 14.1. The van der Waals surface area contributed by atoms with Gasteiger partial charge in [-0.05, 0) is 17.7 Å². The minimum atomic E-state index is 0.809. The second-order valence-electron chi connectivity index (χ2n) is 1.76. The Morgan fingerprint density at radius 2 is 1.78 bits per heavy atom. The van der Waals surface area contributed by atoms with Crippen molar-refractivity contribution in [3.05, 3.63) is 34.9 Å². The van der Waals surface area contributed by atoms with Crippen LogP contribution in [0.1, 0.15) is 5.56 Å². The predicted molar refractivity (Wildman–Crippen MR) is 49.2 cm³/mol. The smallest absolute Gasteiger partial charge is 0.0406 e. The Balaban J connectivity index is 2.88. The average Bonchev–Trinajstić information content (AvgIpc) is 1.90. The molecule has 0 saturated carbocycles. The normalized spacial score (nSPS) is 9.56. The molecule has 0 aliphatic heterocycles. The Hall–Kier alpha value is 0.240. The van der Waals surface area contributed by atoms with Crippen LogP contribution in [-0.4, -0.2) is 0 Å². The van der Waals surface area contributed by atoms with E-state index >= 15 is 0 Å². The monoisotopic (exact) mass is 252 g/mol. The molecule has 0 bridgehead atoms. The highest BCUT2D eigenvalue weighted by atomic mass is 127. The van der Waals surface area contributed by atoms with Gasteiger partial charge in [0.1, 0.15) is 0 Å². The SMILES string of the molecule is Clc1ccc(CI)cc1. The molecule has 0 heterocycles. The molecule has 0 N–H and O–H groups in total. The van der Waals surface area contributed by atoms with Crippen molar-refractivity contribution in [3.63, 3.8) is 0 Å². The van der Waals surface area contributed by atoms with Crippen LogP contribution in [0.5, 0.6) is 0 Å². The fourth-order valence-corrected chi connectivity index (χ4v) is 1.21. The molecule has 0 unspecified atom stereocenters. The number of benzene rings is 1. The van der Waals surface area contributed by atoms with Gasteiger partial charge in [0.25, 0.3) is 0 Å². The van der Waals surface area contributed by atoms with Gasteiger partial charge < -0.3 is 0 Å². The zero-order chi connectivity index (χ0) is 6.69. The quantitative estimate of drug-likeness (QED) is 0.531. The van der Waals surface area contributed by atoms with Crippen molar-refractivity contribution in [2.45, 2.75) is 4.43 Å². The van der Waals surface area contributed by atoms with Crippen LogP contribution in [0.4, 0.5) is 0 Å². The molecule has 0 atom stereocenters. The maximum atomic E-state index is 5.67. The Morgan fingerprint density at radius 3 is 2.22 bits per heavy atom. The lowest BCUT2D eigenvalue weighted by atomic mass is 10.2.